The fourth-order valence-electron chi connectivity index (χ4n) is 5.18. The van der Waals surface area contributed by atoms with Crippen LogP contribution in [0.25, 0.3) is 11.1 Å². The van der Waals surface area contributed by atoms with E-state index in [1.165, 1.54) is 11.8 Å². The molecule has 238 valence electrons. The van der Waals surface area contributed by atoms with E-state index in [2.05, 4.69) is 5.32 Å². The van der Waals surface area contributed by atoms with Crippen LogP contribution < -0.4 is 5.32 Å². The standard InChI is InChI=1S/C36H35NO8S/c38-21-23-8-10-26(11-9-23)31-19-29(22-46-32-7-2-1-6-30(32)35(42)43)44-36(45-31)27-14-12-25(13-15-27)28-5-3-4-24(18-28)20-37-33(39)16-17-34(40)41/h1-15,18,29,31,36,38H,16-17,19-22H2,(H,37,39)(H,40,41)(H,42,43)/t29-,31+,36+/m1/s1. The molecular weight excluding hydrogens is 606 g/mol. The Morgan fingerprint density at radius 3 is 2.24 bits per heavy atom. The van der Waals surface area contributed by atoms with Crippen LogP contribution in [0.5, 0.6) is 0 Å². The van der Waals surface area contributed by atoms with Gasteiger partial charge in [-0.05, 0) is 46.0 Å². The number of rotatable bonds is 13. The average Bonchev–Trinajstić information content (AvgIpc) is 3.09. The number of carboxylic acids is 2. The Morgan fingerprint density at radius 1 is 0.783 bits per heavy atom. The highest BCUT2D eigenvalue weighted by atomic mass is 32.2. The highest BCUT2D eigenvalue weighted by Gasteiger charge is 2.32. The summed E-state index contributed by atoms with van der Waals surface area (Å²) < 4.78 is 12.9. The summed E-state index contributed by atoms with van der Waals surface area (Å²) in [5, 5.41) is 30.6. The van der Waals surface area contributed by atoms with Crippen molar-refractivity contribution in [1.29, 1.82) is 0 Å². The molecule has 46 heavy (non-hydrogen) atoms. The molecule has 3 atom stereocenters. The highest BCUT2D eigenvalue weighted by molar-refractivity contribution is 7.99. The molecule has 10 heteroatoms. The summed E-state index contributed by atoms with van der Waals surface area (Å²) >= 11 is 1.45. The minimum Gasteiger partial charge on any atom is -0.481 e. The minimum absolute atomic E-state index is 0.0452. The topological polar surface area (TPSA) is 142 Å². The van der Waals surface area contributed by atoms with E-state index in [0.29, 0.717) is 23.6 Å². The van der Waals surface area contributed by atoms with Gasteiger partial charge in [0.2, 0.25) is 5.91 Å². The Balaban J connectivity index is 1.30. The van der Waals surface area contributed by atoms with Crippen LogP contribution in [-0.4, -0.2) is 45.0 Å². The third-order valence-corrected chi connectivity index (χ3v) is 8.86. The van der Waals surface area contributed by atoms with Gasteiger partial charge in [0.05, 0.1) is 30.8 Å². The fraction of sp³-hybridized carbons (Fsp3) is 0.250. The molecule has 0 aliphatic carbocycles. The molecule has 0 saturated carbocycles. The number of ether oxygens (including phenoxy) is 2. The summed E-state index contributed by atoms with van der Waals surface area (Å²) in [7, 11) is 0. The van der Waals surface area contributed by atoms with Crippen molar-refractivity contribution in [3.8, 4) is 11.1 Å². The number of aliphatic hydroxyl groups excluding tert-OH is 1. The van der Waals surface area contributed by atoms with Gasteiger partial charge < -0.3 is 30.1 Å². The van der Waals surface area contributed by atoms with E-state index in [1.54, 1.807) is 18.2 Å². The molecule has 1 saturated heterocycles. The third kappa shape index (κ3) is 8.82. The molecule has 1 aliphatic heterocycles. The second-order valence-corrected chi connectivity index (χ2v) is 12.0. The van der Waals surface area contributed by atoms with Crippen molar-refractivity contribution < 1.29 is 39.2 Å². The Kier molecular flexibility index (Phi) is 11.2. The van der Waals surface area contributed by atoms with Crippen molar-refractivity contribution in [1.82, 2.24) is 5.32 Å². The van der Waals surface area contributed by atoms with Crippen molar-refractivity contribution in [2.45, 2.75) is 55.8 Å². The zero-order valence-corrected chi connectivity index (χ0v) is 25.8. The molecule has 1 fully saturated rings. The van der Waals surface area contributed by atoms with Gasteiger partial charge in [0, 0.05) is 35.6 Å². The van der Waals surface area contributed by atoms with Crippen LogP contribution in [0.2, 0.25) is 0 Å². The SMILES string of the molecule is O=C(O)CCC(=O)NCc1cccc(-c2ccc([C@H]3O[C@@H](CSc4ccccc4C(=O)O)C[C@@H](c4ccc(CO)cc4)O3)cc2)c1. The summed E-state index contributed by atoms with van der Waals surface area (Å²) in [6, 6.07) is 30.2. The first-order valence-electron chi connectivity index (χ1n) is 14.9. The predicted octanol–water partition coefficient (Wildman–Crippen LogP) is 6.36. The first-order chi connectivity index (χ1) is 22.3. The molecule has 1 aliphatic rings. The lowest BCUT2D eigenvalue weighted by Crippen LogP contribution is -2.31. The van der Waals surface area contributed by atoms with Crippen LogP contribution in [0.3, 0.4) is 0 Å². The number of nitrogens with one attached hydrogen (secondary N) is 1. The molecule has 1 heterocycles. The smallest absolute Gasteiger partial charge is 0.336 e. The molecule has 0 radical (unpaired) electrons. The van der Waals surface area contributed by atoms with Gasteiger partial charge in [-0.15, -0.1) is 11.8 Å². The van der Waals surface area contributed by atoms with Gasteiger partial charge in [0.25, 0.3) is 0 Å². The molecule has 5 rings (SSSR count). The van der Waals surface area contributed by atoms with Crippen LogP contribution in [-0.2, 0) is 32.2 Å². The molecule has 9 nitrogen and oxygen atoms in total. The summed E-state index contributed by atoms with van der Waals surface area (Å²) in [4.78, 5) is 35.1. The lowest BCUT2D eigenvalue weighted by Gasteiger charge is -2.36. The van der Waals surface area contributed by atoms with Gasteiger partial charge in [0.1, 0.15) is 0 Å². The molecule has 0 aromatic heterocycles. The number of aliphatic carboxylic acids is 1. The lowest BCUT2D eigenvalue weighted by molar-refractivity contribution is -0.245. The molecule has 0 spiro atoms. The quantitative estimate of drug-likeness (QED) is 0.123. The third-order valence-electron chi connectivity index (χ3n) is 7.66. The maximum Gasteiger partial charge on any atom is 0.336 e. The van der Waals surface area contributed by atoms with Crippen LogP contribution in [0.15, 0.2) is 102 Å². The van der Waals surface area contributed by atoms with Crippen molar-refractivity contribution in [3.63, 3.8) is 0 Å². The zero-order valence-electron chi connectivity index (χ0n) is 25.0. The van der Waals surface area contributed by atoms with Gasteiger partial charge in [-0.1, -0.05) is 78.9 Å². The zero-order chi connectivity index (χ0) is 32.5. The number of carbonyl (C=O) groups is 3. The maximum absolute atomic E-state index is 12.0. The largest absolute Gasteiger partial charge is 0.481 e. The van der Waals surface area contributed by atoms with Crippen LogP contribution >= 0.6 is 11.8 Å². The number of hydrogen-bond donors (Lipinski definition) is 4. The lowest BCUT2D eigenvalue weighted by atomic mass is 9.99. The summed E-state index contributed by atoms with van der Waals surface area (Å²) in [5.74, 6) is -1.75. The molecule has 4 N–H and O–H groups in total. The monoisotopic (exact) mass is 641 g/mol. The Bertz CT molecular complexity index is 1660. The van der Waals surface area contributed by atoms with Gasteiger partial charge >= 0.3 is 11.9 Å². The molecule has 0 unspecified atom stereocenters. The first kappa shape index (κ1) is 32.9. The number of aliphatic hydroxyl groups is 1. The van der Waals surface area contributed by atoms with Crippen molar-refractivity contribution in [2.24, 2.45) is 0 Å². The van der Waals surface area contributed by atoms with E-state index in [9.17, 15) is 24.6 Å². The number of benzene rings is 4. The van der Waals surface area contributed by atoms with Crippen LogP contribution in [0.1, 0.15) is 64.3 Å². The van der Waals surface area contributed by atoms with Crippen molar-refractivity contribution >= 4 is 29.6 Å². The van der Waals surface area contributed by atoms with E-state index < -0.39 is 18.2 Å². The maximum atomic E-state index is 12.0. The molecule has 0 bridgehead atoms. The van der Waals surface area contributed by atoms with Crippen molar-refractivity contribution in [3.05, 3.63) is 125 Å². The molecule has 1 amide bonds. The number of carboxylic acid groups (broad SMARTS) is 2. The summed E-state index contributed by atoms with van der Waals surface area (Å²) in [6.45, 7) is 0.252. The van der Waals surface area contributed by atoms with Gasteiger partial charge in [-0.2, -0.15) is 0 Å². The minimum atomic E-state index is -1.01. The number of thioether (sulfide) groups is 1. The molecule has 4 aromatic rings. The number of carbonyl (C=O) groups excluding carboxylic acids is 1. The number of amides is 1. The van der Waals surface area contributed by atoms with E-state index in [0.717, 1.165) is 33.4 Å². The Hall–Kier alpha value is -4.48. The first-order valence-corrected chi connectivity index (χ1v) is 15.9. The molecular formula is C36H35NO8S. The molecule has 4 aromatic carbocycles. The van der Waals surface area contributed by atoms with E-state index in [4.69, 9.17) is 14.6 Å². The van der Waals surface area contributed by atoms with Gasteiger partial charge in [0.15, 0.2) is 6.29 Å². The number of hydrogen-bond acceptors (Lipinski definition) is 7. The highest BCUT2D eigenvalue weighted by Crippen LogP contribution is 2.40. The average molecular weight is 642 g/mol. The van der Waals surface area contributed by atoms with E-state index in [1.807, 2.05) is 78.9 Å². The van der Waals surface area contributed by atoms with Crippen LogP contribution in [0.4, 0.5) is 0 Å². The Labute approximate surface area is 271 Å². The van der Waals surface area contributed by atoms with E-state index >= 15 is 0 Å². The predicted molar refractivity (Wildman–Crippen MR) is 173 cm³/mol. The number of aromatic carboxylic acids is 1. The van der Waals surface area contributed by atoms with Crippen molar-refractivity contribution in [2.75, 3.05) is 5.75 Å². The van der Waals surface area contributed by atoms with Gasteiger partial charge in [-0.25, -0.2) is 4.79 Å². The summed E-state index contributed by atoms with van der Waals surface area (Å²) in [6.07, 6.45) is -0.843. The van der Waals surface area contributed by atoms with E-state index in [-0.39, 0.29) is 43.1 Å². The van der Waals surface area contributed by atoms with Gasteiger partial charge in [-0.3, -0.25) is 9.59 Å². The fourth-order valence-corrected chi connectivity index (χ4v) is 6.24. The Morgan fingerprint density at radius 2 is 1.52 bits per heavy atom. The normalized spacial score (nSPS) is 17.7. The van der Waals surface area contributed by atoms with Crippen LogP contribution in [0, 0.1) is 0 Å². The second-order valence-electron chi connectivity index (χ2n) is 11.0. The second kappa shape index (κ2) is 15.7. The summed E-state index contributed by atoms with van der Waals surface area (Å²) in [5.41, 5.74) is 5.69.